The van der Waals surface area contributed by atoms with E-state index in [0.29, 0.717) is 29.3 Å². The summed E-state index contributed by atoms with van der Waals surface area (Å²) >= 11 is 0. The summed E-state index contributed by atoms with van der Waals surface area (Å²) in [4.78, 5) is 25.4. The molecule has 4 aromatic rings. The number of aromatic hydroxyl groups is 1. The maximum absolute atomic E-state index is 12.0. The second-order valence-corrected chi connectivity index (χ2v) is 6.44. The van der Waals surface area contributed by atoms with Crippen molar-refractivity contribution >= 4 is 22.6 Å². The van der Waals surface area contributed by atoms with Crippen LogP contribution in [0.25, 0.3) is 22.3 Å². The van der Waals surface area contributed by atoms with E-state index >= 15 is 0 Å². The SMILES string of the molecule is CNC(=O)c1ccc(O)c(-c2nc(NCc3cccnc3)c3ccccc3n2)c1. The van der Waals surface area contributed by atoms with Gasteiger partial charge in [-0.25, -0.2) is 9.97 Å². The van der Waals surface area contributed by atoms with Gasteiger partial charge in [-0.05, 0) is 42.0 Å². The third kappa shape index (κ3) is 3.84. The van der Waals surface area contributed by atoms with E-state index in [1.165, 1.54) is 6.07 Å². The number of nitrogens with zero attached hydrogens (tertiary/aromatic N) is 3. The molecule has 0 unspecified atom stereocenters. The molecule has 7 heteroatoms. The lowest BCUT2D eigenvalue weighted by Crippen LogP contribution is -2.17. The maximum Gasteiger partial charge on any atom is 0.251 e. The number of phenols is 1. The Morgan fingerprint density at radius 1 is 1.07 bits per heavy atom. The van der Waals surface area contributed by atoms with Crippen LogP contribution in [0.2, 0.25) is 0 Å². The van der Waals surface area contributed by atoms with Crippen molar-refractivity contribution in [3.05, 3.63) is 78.1 Å². The summed E-state index contributed by atoms with van der Waals surface area (Å²) in [5, 5.41) is 17.1. The van der Waals surface area contributed by atoms with Crippen molar-refractivity contribution in [3.8, 4) is 17.1 Å². The molecule has 0 bridgehead atoms. The molecule has 0 saturated carbocycles. The minimum Gasteiger partial charge on any atom is -0.507 e. The van der Waals surface area contributed by atoms with Gasteiger partial charge in [0.05, 0.1) is 11.1 Å². The Labute approximate surface area is 167 Å². The fraction of sp³-hybridized carbons (Fsp3) is 0.0909. The first-order valence-corrected chi connectivity index (χ1v) is 9.11. The Hall–Kier alpha value is -4.00. The fourth-order valence-corrected chi connectivity index (χ4v) is 3.02. The van der Waals surface area contributed by atoms with Crippen LogP contribution in [-0.4, -0.2) is 33.0 Å². The molecule has 0 aliphatic rings. The van der Waals surface area contributed by atoms with Crippen molar-refractivity contribution in [2.24, 2.45) is 0 Å². The van der Waals surface area contributed by atoms with Crippen molar-refractivity contribution in [1.82, 2.24) is 20.3 Å². The van der Waals surface area contributed by atoms with Gasteiger partial charge in [-0.2, -0.15) is 0 Å². The van der Waals surface area contributed by atoms with Crippen molar-refractivity contribution in [3.63, 3.8) is 0 Å². The van der Waals surface area contributed by atoms with E-state index in [4.69, 9.17) is 0 Å². The monoisotopic (exact) mass is 385 g/mol. The summed E-state index contributed by atoms with van der Waals surface area (Å²) in [5.41, 5.74) is 2.56. The number of carbonyl (C=O) groups excluding carboxylic acids is 1. The number of benzene rings is 2. The normalized spacial score (nSPS) is 10.7. The van der Waals surface area contributed by atoms with Crippen LogP contribution in [0.4, 0.5) is 5.82 Å². The van der Waals surface area contributed by atoms with E-state index in [-0.39, 0.29) is 11.7 Å². The Bertz CT molecular complexity index is 1180. The molecule has 4 rings (SSSR count). The molecule has 0 saturated heterocycles. The molecule has 3 N–H and O–H groups in total. The molecule has 1 amide bonds. The molecule has 0 atom stereocenters. The van der Waals surface area contributed by atoms with Gasteiger partial charge in [0.15, 0.2) is 5.82 Å². The van der Waals surface area contributed by atoms with Gasteiger partial charge in [-0.1, -0.05) is 18.2 Å². The summed E-state index contributed by atoms with van der Waals surface area (Å²) in [6.07, 6.45) is 3.51. The number of phenolic OH excluding ortho intramolecular Hbond substituents is 1. The molecule has 0 fully saturated rings. The predicted molar refractivity (Wildman–Crippen MR) is 112 cm³/mol. The highest BCUT2D eigenvalue weighted by molar-refractivity contribution is 5.96. The van der Waals surface area contributed by atoms with Gasteiger partial charge in [0.25, 0.3) is 5.91 Å². The molecule has 0 spiro atoms. The van der Waals surface area contributed by atoms with Crippen LogP contribution in [0.5, 0.6) is 5.75 Å². The van der Waals surface area contributed by atoms with Crippen LogP contribution >= 0.6 is 0 Å². The number of amides is 1. The predicted octanol–water partition coefficient (Wildman–Crippen LogP) is 3.37. The molecular weight excluding hydrogens is 366 g/mol. The van der Waals surface area contributed by atoms with Gasteiger partial charge in [-0.15, -0.1) is 0 Å². The van der Waals surface area contributed by atoms with Gasteiger partial charge in [0.2, 0.25) is 0 Å². The average Bonchev–Trinajstić information content (AvgIpc) is 2.77. The number of pyridine rings is 1. The average molecular weight is 385 g/mol. The molecule has 7 nitrogen and oxygen atoms in total. The largest absolute Gasteiger partial charge is 0.507 e. The van der Waals surface area contributed by atoms with Crippen molar-refractivity contribution < 1.29 is 9.90 Å². The fourth-order valence-electron chi connectivity index (χ4n) is 3.02. The summed E-state index contributed by atoms with van der Waals surface area (Å²) in [6, 6.07) is 16.1. The number of rotatable bonds is 5. The minimum atomic E-state index is -0.248. The molecule has 0 aliphatic carbocycles. The lowest BCUT2D eigenvalue weighted by molar-refractivity contribution is 0.0963. The standard InChI is InChI=1S/C22H19N5O2/c1-23-22(29)15-8-9-19(28)17(11-15)21-26-18-7-3-2-6-16(18)20(27-21)25-13-14-5-4-10-24-12-14/h2-12,28H,13H2,1H3,(H,23,29)(H,25,26,27). The lowest BCUT2D eigenvalue weighted by atomic mass is 10.1. The van der Waals surface area contributed by atoms with E-state index in [0.717, 1.165) is 16.5 Å². The second-order valence-electron chi connectivity index (χ2n) is 6.44. The molecule has 0 radical (unpaired) electrons. The van der Waals surface area contributed by atoms with Crippen LogP contribution in [0.1, 0.15) is 15.9 Å². The summed E-state index contributed by atoms with van der Waals surface area (Å²) < 4.78 is 0. The van der Waals surface area contributed by atoms with Crippen molar-refractivity contribution in [1.29, 1.82) is 0 Å². The zero-order valence-corrected chi connectivity index (χ0v) is 15.8. The quantitative estimate of drug-likeness (QED) is 0.487. The molecule has 2 aromatic heterocycles. The molecule has 2 aromatic carbocycles. The van der Waals surface area contributed by atoms with Gasteiger partial charge < -0.3 is 15.7 Å². The third-order valence-electron chi connectivity index (χ3n) is 4.51. The number of fused-ring (bicyclic) bond motifs is 1. The first kappa shape index (κ1) is 18.4. The van der Waals surface area contributed by atoms with Gasteiger partial charge in [0.1, 0.15) is 11.6 Å². The Balaban J connectivity index is 1.79. The Morgan fingerprint density at radius 3 is 2.72 bits per heavy atom. The van der Waals surface area contributed by atoms with E-state index in [1.54, 1.807) is 31.6 Å². The molecule has 0 aliphatic heterocycles. The zero-order chi connectivity index (χ0) is 20.2. The first-order chi connectivity index (χ1) is 14.2. The van der Waals surface area contributed by atoms with Crippen LogP contribution in [0, 0.1) is 0 Å². The maximum atomic E-state index is 12.0. The van der Waals surface area contributed by atoms with E-state index in [2.05, 4.69) is 25.6 Å². The van der Waals surface area contributed by atoms with E-state index in [9.17, 15) is 9.90 Å². The molecular formula is C22H19N5O2. The number of hydrogen-bond donors (Lipinski definition) is 3. The number of anilines is 1. The van der Waals surface area contributed by atoms with Crippen molar-refractivity contribution in [2.75, 3.05) is 12.4 Å². The number of para-hydroxylation sites is 1. The topological polar surface area (TPSA) is 100 Å². The highest BCUT2D eigenvalue weighted by atomic mass is 16.3. The van der Waals surface area contributed by atoms with E-state index in [1.807, 2.05) is 36.4 Å². The summed E-state index contributed by atoms with van der Waals surface area (Å²) in [5.74, 6) is 0.730. The smallest absolute Gasteiger partial charge is 0.251 e. The summed E-state index contributed by atoms with van der Waals surface area (Å²) in [6.45, 7) is 0.540. The minimum absolute atomic E-state index is 0.00569. The number of carbonyl (C=O) groups is 1. The van der Waals surface area contributed by atoms with Crippen LogP contribution in [0.15, 0.2) is 67.0 Å². The highest BCUT2D eigenvalue weighted by Crippen LogP contribution is 2.31. The van der Waals surface area contributed by atoms with Crippen LogP contribution in [-0.2, 0) is 6.54 Å². The van der Waals surface area contributed by atoms with Crippen molar-refractivity contribution in [2.45, 2.75) is 6.54 Å². The van der Waals surface area contributed by atoms with Crippen LogP contribution in [0.3, 0.4) is 0 Å². The van der Waals surface area contributed by atoms with Gasteiger partial charge in [-0.3, -0.25) is 9.78 Å². The number of aromatic nitrogens is 3. The van der Waals surface area contributed by atoms with Gasteiger partial charge in [0, 0.05) is 36.9 Å². The van der Waals surface area contributed by atoms with Crippen LogP contribution < -0.4 is 10.6 Å². The Kier molecular flexibility index (Phi) is 5.03. The lowest BCUT2D eigenvalue weighted by Gasteiger charge is -2.12. The molecule has 29 heavy (non-hydrogen) atoms. The highest BCUT2D eigenvalue weighted by Gasteiger charge is 2.15. The molecule has 2 heterocycles. The van der Waals surface area contributed by atoms with Gasteiger partial charge >= 0.3 is 0 Å². The second kappa shape index (κ2) is 7.93. The third-order valence-corrected chi connectivity index (χ3v) is 4.51. The summed E-state index contributed by atoms with van der Waals surface area (Å²) in [7, 11) is 1.56. The zero-order valence-electron chi connectivity index (χ0n) is 15.8. The van der Waals surface area contributed by atoms with E-state index < -0.39 is 0 Å². The number of hydrogen-bond acceptors (Lipinski definition) is 6. The number of nitrogens with one attached hydrogen (secondary N) is 2. The molecule has 144 valence electrons. The Morgan fingerprint density at radius 2 is 1.93 bits per heavy atom. The first-order valence-electron chi connectivity index (χ1n) is 9.11.